The van der Waals surface area contributed by atoms with Gasteiger partial charge >= 0.3 is 0 Å². The number of thioether (sulfide) groups is 1. The lowest BCUT2D eigenvalue weighted by molar-refractivity contribution is -0.113. The number of carbonyl (C=O) groups is 1. The third kappa shape index (κ3) is 5.27. The smallest absolute Gasteiger partial charge is 0.234 e. The first-order valence-corrected chi connectivity index (χ1v) is 11.0. The Hall–Kier alpha value is -3.25. The average molecular weight is 432 g/mol. The van der Waals surface area contributed by atoms with Crippen molar-refractivity contribution < 1.29 is 9.18 Å². The molecule has 0 atom stereocenters. The monoisotopic (exact) mass is 431 g/mol. The Balaban J connectivity index is 1.55. The zero-order valence-corrected chi connectivity index (χ0v) is 18.2. The van der Waals surface area contributed by atoms with E-state index < -0.39 is 0 Å². The van der Waals surface area contributed by atoms with E-state index in [-0.39, 0.29) is 17.5 Å². The van der Waals surface area contributed by atoms with E-state index in [0.29, 0.717) is 11.4 Å². The molecule has 0 spiro atoms. The molecule has 0 fully saturated rings. The fourth-order valence-electron chi connectivity index (χ4n) is 3.24. The minimum atomic E-state index is -0.272. The van der Waals surface area contributed by atoms with Crippen molar-refractivity contribution in [2.45, 2.75) is 25.3 Å². The van der Waals surface area contributed by atoms with Gasteiger partial charge in [-0.1, -0.05) is 48.2 Å². The number of para-hydroxylation sites is 2. The second-order valence-corrected chi connectivity index (χ2v) is 8.39. The molecule has 1 aromatic heterocycles. The van der Waals surface area contributed by atoms with E-state index in [1.165, 1.54) is 23.9 Å². The van der Waals surface area contributed by atoms with E-state index in [4.69, 9.17) is 9.97 Å². The number of fused-ring (bicyclic) bond motifs is 1. The van der Waals surface area contributed by atoms with E-state index >= 15 is 0 Å². The quantitative estimate of drug-likeness (QED) is 0.398. The van der Waals surface area contributed by atoms with Crippen molar-refractivity contribution in [1.29, 1.82) is 0 Å². The Labute approximate surface area is 184 Å². The van der Waals surface area contributed by atoms with Crippen LogP contribution in [0.5, 0.6) is 0 Å². The summed E-state index contributed by atoms with van der Waals surface area (Å²) < 4.78 is 13.3. The lowest BCUT2D eigenvalue weighted by Gasteiger charge is -2.11. The molecule has 4 aromatic rings. The summed E-state index contributed by atoms with van der Waals surface area (Å²) >= 11 is 1.36. The zero-order chi connectivity index (χ0) is 21.8. The van der Waals surface area contributed by atoms with Crippen LogP contribution in [0.2, 0.25) is 0 Å². The molecule has 6 heteroatoms. The highest BCUT2D eigenvalue weighted by Gasteiger charge is 2.13. The molecule has 156 valence electrons. The fourth-order valence-corrected chi connectivity index (χ4v) is 4.02. The lowest BCUT2D eigenvalue weighted by atomic mass is 10.1. The van der Waals surface area contributed by atoms with Gasteiger partial charge in [0.15, 0.2) is 0 Å². The van der Waals surface area contributed by atoms with Gasteiger partial charge in [-0.2, -0.15) is 0 Å². The number of carbonyl (C=O) groups excluding carboxylic acids is 1. The number of rotatable bonds is 6. The molecule has 1 heterocycles. The first kappa shape index (κ1) is 21.0. The molecule has 0 saturated carbocycles. The Bertz CT molecular complexity index is 1240. The minimum Gasteiger partial charge on any atom is -0.325 e. The highest BCUT2D eigenvalue weighted by atomic mass is 32.2. The number of aromatic nitrogens is 2. The first-order valence-electron chi connectivity index (χ1n) is 9.98. The van der Waals surface area contributed by atoms with Crippen molar-refractivity contribution in [3.8, 4) is 0 Å². The molecule has 3 aromatic carbocycles. The number of halogens is 1. The summed E-state index contributed by atoms with van der Waals surface area (Å²) in [5.41, 5.74) is 6.22. The van der Waals surface area contributed by atoms with Crippen LogP contribution in [0.3, 0.4) is 0 Å². The summed E-state index contributed by atoms with van der Waals surface area (Å²) in [6, 6.07) is 20.0. The number of anilines is 1. The number of nitrogens with one attached hydrogen (secondary N) is 1. The van der Waals surface area contributed by atoms with Gasteiger partial charge in [0.05, 0.1) is 22.5 Å². The van der Waals surface area contributed by atoms with Gasteiger partial charge in [-0.3, -0.25) is 4.79 Å². The third-order valence-electron chi connectivity index (χ3n) is 4.90. The summed E-state index contributed by atoms with van der Waals surface area (Å²) in [4.78, 5) is 22.1. The average Bonchev–Trinajstić information content (AvgIpc) is 2.76. The second-order valence-electron chi connectivity index (χ2n) is 7.42. The van der Waals surface area contributed by atoms with Gasteiger partial charge in [-0.25, -0.2) is 14.4 Å². The van der Waals surface area contributed by atoms with Crippen LogP contribution in [0.1, 0.15) is 22.4 Å². The highest BCUT2D eigenvalue weighted by Crippen LogP contribution is 2.25. The van der Waals surface area contributed by atoms with E-state index in [0.717, 1.165) is 39.1 Å². The Morgan fingerprint density at radius 3 is 2.42 bits per heavy atom. The van der Waals surface area contributed by atoms with Gasteiger partial charge in [0.25, 0.3) is 0 Å². The number of aryl methyl sites for hydroxylation is 2. The minimum absolute atomic E-state index is 0.0959. The fraction of sp³-hybridized carbons (Fsp3) is 0.160. The van der Waals surface area contributed by atoms with E-state index in [1.807, 2.05) is 56.3 Å². The molecule has 0 bridgehead atoms. The molecule has 0 aliphatic heterocycles. The Morgan fingerprint density at radius 1 is 0.968 bits per heavy atom. The van der Waals surface area contributed by atoms with Crippen molar-refractivity contribution in [1.82, 2.24) is 9.97 Å². The van der Waals surface area contributed by atoms with Crippen molar-refractivity contribution in [2.24, 2.45) is 0 Å². The molecule has 1 N–H and O–H groups in total. The van der Waals surface area contributed by atoms with Crippen molar-refractivity contribution >= 4 is 34.4 Å². The maximum atomic E-state index is 13.3. The van der Waals surface area contributed by atoms with Crippen molar-refractivity contribution in [3.05, 3.63) is 94.9 Å². The first-order chi connectivity index (χ1) is 15.0. The summed E-state index contributed by atoms with van der Waals surface area (Å²) in [6.07, 6.45) is 0.513. The molecular formula is C25H22FN3OS. The van der Waals surface area contributed by atoms with Crippen LogP contribution in [-0.4, -0.2) is 21.6 Å². The highest BCUT2D eigenvalue weighted by molar-refractivity contribution is 8.00. The van der Waals surface area contributed by atoms with Gasteiger partial charge < -0.3 is 5.32 Å². The van der Waals surface area contributed by atoms with Gasteiger partial charge in [0.2, 0.25) is 5.91 Å². The van der Waals surface area contributed by atoms with E-state index in [9.17, 15) is 9.18 Å². The van der Waals surface area contributed by atoms with Crippen LogP contribution >= 0.6 is 11.8 Å². The second kappa shape index (κ2) is 9.27. The summed E-state index contributed by atoms with van der Waals surface area (Å²) in [7, 11) is 0. The Morgan fingerprint density at radius 2 is 1.68 bits per heavy atom. The number of amides is 1. The molecule has 0 unspecified atom stereocenters. The number of hydrogen-bond acceptors (Lipinski definition) is 4. The summed E-state index contributed by atoms with van der Waals surface area (Å²) in [5, 5.41) is 3.69. The topological polar surface area (TPSA) is 54.9 Å². The van der Waals surface area contributed by atoms with E-state index in [2.05, 4.69) is 5.32 Å². The van der Waals surface area contributed by atoms with Crippen molar-refractivity contribution in [2.75, 3.05) is 11.1 Å². The standard InChI is InChI=1S/C25H22FN3OS/c1-16-7-8-17(2)22(13-16)28-24(30)15-31-25-23(14-18-9-11-19(26)12-10-18)27-20-5-3-4-6-21(20)29-25/h3-13H,14-15H2,1-2H3,(H,28,30). The number of benzene rings is 3. The van der Waals surface area contributed by atoms with Crippen LogP contribution in [0.25, 0.3) is 11.0 Å². The van der Waals surface area contributed by atoms with E-state index in [1.54, 1.807) is 12.1 Å². The molecule has 0 saturated heterocycles. The zero-order valence-electron chi connectivity index (χ0n) is 17.4. The molecule has 1 amide bonds. The molecule has 31 heavy (non-hydrogen) atoms. The van der Waals surface area contributed by atoms with Gasteiger partial charge in [0, 0.05) is 12.1 Å². The van der Waals surface area contributed by atoms with Gasteiger partial charge in [-0.05, 0) is 60.9 Å². The van der Waals surface area contributed by atoms with Gasteiger partial charge in [0.1, 0.15) is 10.8 Å². The van der Waals surface area contributed by atoms with Crippen LogP contribution in [0.15, 0.2) is 71.8 Å². The maximum absolute atomic E-state index is 13.3. The maximum Gasteiger partial charge on any atom is 0.234 e. The van der Waals surface area contributed by atoms with Crippen LogP contribution in [0, 0.1) is 19.7 Å². The third-order valence-corrected chi connectivity index (χ3v) is 5.90. The molecule has 0 aliphatic carbocycles. The summed E-state index contributed by atoms with van der Waals surface area (Å²) in [5.74, 6) is -0.149. The van der Waals surface area contributed by atoms with Crippen molar-refractivity contribution in [3.63, 3.8) is 0 Å². The van der Waals surface area contributed by atoms with Gasteiger partial charge in [-0.15, -0.1) is 0 Å². The van der Waals surface area contributed by atoms with Crippen LogP contribution < -0.4 is 5.32 Å². The molecule has 4 nitrogen and oxygen atoms in total. The normalized spacial score (nSPS) is 10.9. The predicted molar refractivity (Wildman–Crippen MR) is 124 cm³/mol. The lowest BCUT2D eigenvalue weighted by Crippen LogP contribution is -2.15. The Kier molecular flexibility index (Phi) is 6.28. The molecule has 0 aliphatic rings. The molecular weight excluding hydrogens is 409 g/mol. The molecule has 4 rings (SSSR count). The largest absolute Gasteiger partial charge is 0.325 e. The predicted octanol–water partition coefficient (Wildman–Crippen LogP) is 5.71. The SMILES string of the molecule is Cc1ccc(C)c(NC(=O)CSc2nc3ccccc3nc2Cc2ccc(F)cc2)c1. The number of hydrogen-bond donors (Lipinski definition) is 1. The molecule has 0 radical (unpaired) electrons. The van der Waals surface area contributed by atoms with Crippen LogP contribution in [0.4, 0.5) is 10.1 Å². The summed E-state index contributed by atoms with van der Waals surface area (Å²) in [6.45, 7) is 3.97. The van der Waals surface area contributed by atoms with Crippen LogP contribution in [-0.2, 0) is 11.2 Å². The number of nitrogens with zero attached hydrogens (tertiary/aromatic N) is 2.